The topological polar surface area (TPSA) is 98.5 Å². The first-order valence-electron chi connectivity index (χ1n) is 6.44. The van der Waals surface area contributed by atoms with E-state index in [1.54, 1.807) is 30.3 Å². The molecule has 0 aliphatic carbocycles. The van der Waals surface area contributed by atoms with Gasteiger partial charge in [0, 0.05) is 0 Å². The third kappa shape index (κ3) is 3.63. The van der Waals surface area contributed by atoms with Crippen molar-refractivity contribution in [3.63, 3.8) is 0 Å². The van der Waals surface area contributed by atoms with Gasteiger partial charge in [-0.3, -0.25) is 4.79 Å². The standard InChI is InChI=1S/C15H16N2O4S/c1-21-12-7-9-13(10-8-12)22(19,20)17-14(15(16)18)11-5-3-2-4-6-11/h2-10,14,17H,1H3,(H2,16,18)/t14-/m1/s1. The number of carbonyl (C=O) groups is 1. The highest BCUT2D eigenvalue weighted by Crippen LogP contribution is 2.19. The molecule has 0 aliphatic rings. The first-order valence-corrected chi connectivity index (χ1v) is 7.93. The van der Waals surface area contributed by atoms with Crippen molar-refractivity contribution in [2.24, 2.45) is 5.73 Å². The summed E-state index contributed by atoms with van der Waals surface area (Å²) in [5.74, 6) is -0.239. The average Bonchev–Trinajstić information content (AvgIpc) is 2.53. The zero-order chi connectivity index (χ0) is 16.2. The van der Waals surface area contributed by atoms with Crippen LogP contribution in [0, 0.1) is 0 Å². The van der Waals surface area contributed by atoms with E-state index >= 15 is 0 Å². The van der Waals surface area contributed by atoms with Gasteiger partial charge in [0.2, 0.25) is 15.9 Å². The Kier molecular flexibility index (Phi) is 4.79. The van der Waals surface area contributed by atoms with Crippen molar-refractivity contribution in [3.8, 4) is 5.75 Å². The van der Waals surface area contributed by atoms with Gasteiger partial charge in [-0.25, -0.2) is 8.42 Å². The van der Waals surface area contributed by atoms with Crippen LogP contribution in [0.15, 0.2) is 59.5 Å². The molecule has 1 amide bonds. The highest BCUT2D eigenvalue weighted by molar-refractivity contribution is 7.89. The fraction of sp³-hybridized carbons (Fsp3) is 0.133. The van der Waals surface area contributed by atoms with Crippen LogP contribution in [0.2, 0.25) is 0 Å². The Morgan fingerprint density at radius 2 is 1.68 bits per heavy atom. The van der Waals surface area contributed by atoms with Crippen LogP contribution in [0.1, 0.15) is 11.6 Å². The smallest absolute Gasteiger partial charge is 0.241 e. The van der Waals surface area contributed by atoms with Crippen molar-refractivity contribution in [2.75, 3.05) is 7.11 Å². The van der Waals surface area contributed by atoms with E-state index < -0.39 is 22.0 Å². The summed E-state index contributed by atoms with van der Waals surface area (Å²) in [6.07, 6.45) is 0. The second-order valence-electron chi connectivity index (χ2n) is 4.54. The molecule has 0 unspecified atom stereocenters. The number of nitrogens with one attached hydrogen (secondary N) is 1. The molecule has 1 atom stereocenters. The average molecular weight is 320 g/mol. The van der Waals surface area contributed by atoms with Gasteiger partial charge in [-0.2, -0.15) is 4.72 Å². The Hall–Kier alpha value is -2.38. The van der Waals surface area contributed by atoms with Gasteiger partial charge in [-0.1, -0.05) is 30.3 Å². The first kappa shape index (κ1) is 16.0. The first-order chi connectivity index (χ1) is 10.4. The molecule has 0 radical (unpaired) electrons. The van der Waals surface area contributed by atoms with Crippen molar-refractivity contribution in [2.45, 2.75) is 10.9 Å². The van der Waals surface area contributed by atoms with Crippen LogP contribution in [-0.2, 0) is 14.8 Å². The van der Waals surface area contributed by atoms with Gasteiger partial charge >= 0.3 is 0 Å². The number of methoxy groups -OCH3 is 1. The van der Waals surface area contributed by atoms with Crippen LogP contribution >= 0.6 is 0 Å². The minimum atomic E-state index is -3.88. The molecule has 0 saturated carbocycles. The number of amides is 1. The van der Waals surface area contributed by atoms with E-state index in [0.717, 1.165) is 0 Å². The quantitative estimate of drug-likeness (QED) is 0.835. The van der Waals surface area contributed by atoms with Gasteiger partial charge in [-0.05, 0) is 29.8 Å². The van der Waals surface area contributed by atoms with Crippen molar-refractivity contribution in [3.05, 3.63) is 60.2 Å². The summed E-state index contributed by atoms with van der Waals surface area (Å²) in [5, 5.41) is 0. The molecular weight excluding hydrogens is 304 g/mol. The lowest BCUT2D eigenvalue weighted by Crippen LogP contribution is -2.37. The van der Waals surface area contributed by atoms with Gasteiger partial charge < -0.3 is 10.5 Å². The lowest BCUT2D eigenvalue weighted by atomic mass is 10.1. The molecule has 0 heterocycles. The Bertz CT molecular complexity index is 743. The predicted octanol–water partition coefficient (Wildman–Crippen LogP) is 1.20. The lowest BCUT2D eigenvalue weighted by Gasteiger charge is -2.16. The minimum absolute atomic E-state index is 0.0236. The van der Waals surface area contributed by atoms with Crippen LogP contribution in [0.3, 0.4) is 0 Å². The summed E-state index contributed by atoms with van der Waals surface area (Å²) in [7, 11) is -2.40. The zero-order valence-electron chi connectivity index (χ0n) is 11.9. The van der Waals surface area contributed by atoms with Gasteiger partial charge in [0.05, 0.1) is 12.0 Å². The molecule has 3 N–H and O–H groups in total. The van der Waals surface area contributed by atoms with E-state index in [4.69, 9.17) is 10.5 Å². The third-order valence-corrected chi connectivity index (χ3v) is 4.50. The number of carbonyl (C=O) groups excluding carboxylic acids is 1. The number of primary amides is 1. The molecule has 0 saturated heterocycles. The van der Waals surface area contributed by atoms with Gasteiger partial charge in [-0.15, -0.1) is 0 Å². The molecule has 7 heteroatoms. The number of benzene rings is 2. The summed E-state index contributed by atoms with van der Waals surface area (Å²) in [5.41, 5.74) is 5.79. The molecule has 2 rings (SSSR count). The summed E-state index contributed by atoms with van der Waals surface area (Å²) < 4.78 is 32.0. The molecule has 0 spiro atoms. The van der Waals surface area contributed by atoms with Crippen LogP contribution < -0.4 is 15.2 Å². The second-order valence-corrected chi connectivity index (χ2v) is 6.26. The SMILES string of the molecule is COc1ccc(S(=O)(=O)N[C@@H](C(N)=O)c2ccccc2)cc1. The summed E-state index contributed by atoms with van der Waals surface area (Å²) in [6.45, 7) is 0. The predicted molar refractivity (Wildman–Crippen MR) is 81.7 cm³/mol. The normalized spacial score (nSPS) is 12.6. The van der Waals surface area contributed by atoms with Gasteiger partial charge in [0.15, 0.2) is 0 Å². The molecule has 2 aromatic rings. The second kappa shape index (κ2) is 6.59. The third-order valence-electron chi connectivity index (χ3n) is 3.06. The van der Waals surface area contributed by atoms with E-state index in [-0.39, 0.29) is 4.90 Å². The van der Waals surface area contributed by atoms with Crippen LogP contribution in [0.25, 0.3) is 0 Å². The van der Waals surface area contributed by atoms with E-state index in [1.165, 1.54) is 31.4 Å². The van der Waals surface area contributed by atoms with E-state index in [9.17, 15) is 13.2 Å². The monoisotopic (exact) mass is 320 g/mol. The van der Waals surface area contributed by atoms with Crippen molar-refractivity contribution in [1.29, 1.82) is 0 Å². The van der Waals surface area contributed by atoms with Crippen LogP contribution in [-0.4, -0.2) is 21.4 Å². The number of ether oxygens (including phenoxy) is 1. The molecule has 116 valence electrons. The zero-order valence-corrected chi connectivity index (χ0v) is 12.7. The molecule has 22 heavy (non-hydrogen) atoms. The number of sulfonamides is 1. The van der Waals surface area contributed by atoms with Crippen molar-refractivity contribution >= 4 is 15.9 Å². The Labute approximate surface area is 129 Å². The van der Waals surface area contributed by atoms with Gasteiger partial charge in [0.25, 0.3) is 0 Å². The highest BCUT2D eigenvalue weighted by atomic mass is 32.2. The summed E-state index contributed by atoms with van der Waals surface area (Å²) in [6, 6.07) is 13.1. The molecule has 0 bridgehead atoms. The minimum Gasteiger partial charge on any atom is -0.497 e. The Balaban J connectivity index is 2.30. The number of rotatable bonds is 6. The molecule has 2 aromatic carbocycles. The number of nitrogens with two attached hydrogens (primary N) is 1. The Morgan fingerprint density at radius 1 is 1.09 bits per heavy atom. The van der Waals surface area contributed by atoms with E-state index in [1.807, 2.05) is 0 Å². The van der Waals surface area contributed by atoms with Gasteiger partial charge in [0.1, 0.15) is 11.8 Å². The summed E-state index contributed by atoms with van der Waals surface area (Å²) >= 11 is 0. The molecule has 0 aliphatic heterocycles. The molecule has 0 fully saturated rings. The van der Waals surface area contributed by atoms with E-state index in [2.05, 4.69) is 4.72 Å². The van der Waals surface area contributed by atoms with E-state index in [0.29, 0.717) is 11.3 Å². The lowest BCUT2D eigenvalue weighted by molar-refractivity contribution is -0.119. The maximum atomic E-state index is 12.4. The molecule has 0 aromatic heterocycles. The maximum absolute atomic E-state index is 12.4. The number of hydrogen-bond donors (Lipinski definition) is 2. The molecule has 6 nitrogen and oxygen atoms in total. The van der Waals surface area contributed by atoms with Crippen LogP contribution in [0.5, 0.6) is 5.75 Å². The number of hydrogen-bond acceptors (Lipinski definition) is 4. The largest absolute Gasteiger partial charge is 0.497 e. The highest BCUT2D eigenvalue weighted by Gasteiger charge is 2.25. The van der Waals surface area contributed by atoms with Crippen molar-refractivity contribution in [1.82, 2.24) is 4.72 Å². The summed E-state index contributed by atoms with van der Waals surface area (Å²) in [4.78, 5) is 11.6. The fourth-order valence-corrected chi connectivity index (χ4v) is 3.11. The van der Waals surface area contributed by atoms with Crippen molar-refractivity contribution < 1.29 is 17.9 Å². The van der Waals surface area contributed by atoms with Crippen LogP contribution in [0.4, 0.5) is 0 Å². The maximum Gasteiger partial charge on any atom is 0.241 e. The fourth-order valence-electron chi connectivity index (χ4n) is 1.91. The molecular formula is C15H16N2O4S. The Morgan fingerprint density at radius 3 is 2.18 bits per heavy atom.